The molecule has 0 aliphatic rings. The van der Waals surface area contributed by atoms with E-state index in [1.807, 2.05) is 109 Å². The number of aromatic nitrogens is 4. The molecule has 0 fully saturated rings. The second kappa shape index (κ2) is 16.5. The maximum Gasteiger partial charge on any atom is 0.488 e. The zero-order valence-electron chi connectivity index (χ0n) is 26.4. The van der Waals surface area contributed by atoms with Crippen LogP contribution in [0.5, 0.6) is 0 Å². The van der Waals surface area contributed by atoms with Gasteiger partial charge in [-0.15, -0.1) is 0 Å². The van der Waals surface area contributed by atoms with Gasteiger partial charge >= 0.3 is 7.12 Å². The molecule has 2 N–H and O–H groups in total. The van der Waals surface area contributed by atoms with E-state index < -0.39 is 7.12 Å². The van der Waals surface area contributed by atoms with E-state index in [0.29, 0.717) is 10.6 Å². The molecule has 6 nitrogen and oxygen atoms in total. The summed E-state index contributed by atoms with van der Waals surface area (Å²) in [5.41, 5.74) is 8.59. The third-order valence-electron chi connectivity index (χ3n) is 7.69. The molecule has 0 aliphatic heterocycles. The van der Waals surface area contributed by atoms with Crippen molar-refractivity contribution in [2.75, 3.05) is 0 Å². The molecule has 2 aromatic heterocycles. The van der Waals surface area contributed by atoms with Crippen molar-refractivity contribution in [2.24, 2.45) is 0 Å². The predicted octanol–water partition coefficient (Wildman–Crippen LogP) is 9.59. The van der Waals surface area contributed by atoms with Crippen LogP contribution in [0.4, 0.5) is 0 Å². The highest BCUT2D eigenvalue weighted by Gasteiger charge is 2.10. The molecule has 0 amide bonds. The third kappa shape index (κ3) is 8.71. The van der Waals surface area contributed by atoms with Crippen molar-refractivity contribution in [3.8, 4) is 33.5 Å². The number of hydrogen-bond donors (Lipinski definition) is 2. The maximum absolute atomic E-state index is 8.94. The van der Waals surface area contributed by atoms with E-state index in [1.165, 1.54) is 11.1 Å². The first-order chi connectivity index (χ1) is 24.4. The molecule has 0 aliphatic carbocycles. The fourth-order valence-corrected chi connectivity index (χ4v) is 5.84. The van der Waals surface area contributed by atoms with Gasteiger partial charge in [-0.05, 0) is 69.1 Å². The Morgan fingerprint density at radius 2 is 0.780 bits per heavy atom. The van der Waals surface area contributed by atoms with E-state index in [0.717, 1.165) is 44.2 Å². The van der Waals surface area contributed by atoms with Crippen LogP contribution in [0.3, 0.4) is 0 Å². The Hall–Kier alpha value is -5.15. The first-order valence-corrected chi connectivity index (χ1v) is 16.7. The van der Waals surface area contributed by atoms with Gasteiger partial charge in [0.2, 0.25) is 10.6 Å². The number of rotatable bonds is 4. The lowest BCUT2D eigenvalue weighted by Gasteiger charge is -2.07. The standard InChI is InChI=1S/C20H13ClN2.C12H11BO2.C8H4Cl2N2/c21-20-22-18-9-5-4-8-17(18)19(23-20)16-12-10-15(11-13-16)14-6-2-1-3-7-14;14-13(15)12-8-6-11(7-9-12)10-4-2-1-3-5-10;9-7-5-3-1-2-4-6(5)11-8(10)12-7/h1-13H;1-9,14-15H;1-4H. The van der Waals surface area contributed by atoms with Gasteiger partial charge in [-0.25, -0.2) is 19.9 Å². The van der Waals surface area contributed by atoms with Crippen molar-refractivity contribution in [1.29, 1.82) is 0 Å². The minimum absolute atomic E-state index is 0.179. The molecule has 8 aromatic rings. The van der Waals surface area contributed by atoms with Gasteiger partial charge in [0.05, 0.1) is 16.7 Å². The number of benzene rings is 6. The highest BCUT2D eigenvalue weighted by molar-refractivity contribution is 6.58. The van der Waals surface area contributed by atoms with Gasteiger partial charge in [0.25, 0.3) is 0 Å². The van der Waals surface area contributed by atoms with Gasteiger partial charge in [-0.2, -0.15) is 0 Å². The van der Waals surface area contributed by atoms with E-state index in [9.17, 15) is 0 Å². The van der Waals surface area contributed by atoms with Crippen LogP contribution in [0.25, 0.3) is 55.3 Å². The van der Waals surface area contributed by atoms with Crippen LogP contribution in [-0.2, 0) is 0 Å². The summed E-state index contributed by atoms with van der Waals surface area (Å²) in [6.07, 6.45) is 0. The molecule has 0 atom stereocenters. The lowest BCUT2D eigenvalue weighted by atomic mass is 9.80. The molecule has 0 saturated carbocycles. The molecule has 8 rings (SSSR count). The van der Waals surface area contributed by atoms with Gasteiger partial charge in [0, 0.05) is 16.3 Å². The van der Waals surface area contributed by atoms with Crippen LogP contribution >= 0.6 is 34.8 Å². The summed E-state index contributed by atoms with van der Waals surface area (Å²) >= 11 is 17.5. The van der Waals surface area contributed by atoms with Gasteiger partial charge < -0.3 is 10.0 Å². The van der Waals surface area contributed by atoms with Gasteiger partial charge in [0.1, 0.15) is 5.15 Å². The van der Waals surface area contributed by atoms with E-state index in [1.54, 1.807) is 12.1 Å². The third-order valence-corrected chi connectivity index (χ3v) is 8.31. The van der Waals surface area contributed by atoms with Crippen molar-refractivity contribution in [3.05, 3.63) is 173 Å². The van der Waals surface area contributed by atoms with Crippen LogP contribution in [0.1, 0.15) is 0 Å². The van der Waals surface area contributed by atoms with Crippen molar-refractivity contribution in [1.82, 2.24) is 19.9 Å². The van der Waals surface area contributed by atoms with Crippen molar-refractivity contribution in [3.63, 3.8) is 0 Å². The molecular weight excluding hydrogens is 686 g/mol. The zero-order valence-corrected chi connectivity index (χ0v) is 28.7. The molecule has 50 heavy (non-hydrogen) atoms. The average molecular weight is 714 g/mol. The summed E-state index contributed by atoms with van der Waals surface area (Å²) in [6, 6.07) is 51.2. The molecular formula is C40H28BCl3N4O2. The van der Waals surface area contributed by atoms with E-state index in [-0.39, 0.29) is 10.6 Å². The largest absolute Gasteiger partial charge is 0.488 e. The Kier molecular flexibility index (Phi) is 11.5. The van der Waals surface area contributed by atoms with Crippen LogP contribution in [-0.4, -0.2) is 37.1 Å². The molecule has 6 aromatic carbocycles. The van der Waals surface area contributed by atoms with Gasteiger partial charge in [-0.3, -0.25) is 0 Å². The predicted molar refractivity (Wildman–Crippen MR) is 207 cm³/mol. The maximum atomic E-state index is 8.94. The van der Waals surface area contributed by atoms with E-state index in [4.69, 9.17) is 44.9 Å². The lowest BCUT2D eigenvalue weighted by Crippen LogP contribution is -2.29. The summed E-state index contributed by atoms with van der Waals surface area (Å²) in [6.45, 7) is 0. The summed E-state index contributed by atoms with van der Waals surface area (Å²) in [7, 11) is -1.39. The Morgan fingerprint density at radius 3 is 1.32 bits per heavy atom. The summed E-state index contributed by atoms with van der Waals surface area (Å²) in [4.78, 5) is 16.5. The fraction of sp³-hybridized carbons (Fsp3) is 0. The van der Waals surface area contributed by atoms with E-state index in [2.05, 4.69) is 56.3 Å². The molecule has 0 saturated heterocycles. The Labute approximate surface area is 304 Å². The number of fused-ring (bicyclic) bond motifs is 2. The highest BCUT2D eigenvalue weighted by Crippen LogP contribution is 2.29. The second-order valence-corrected chi connectivity index (χ2v) is 12.0. The SMILES string of the molecule is Clc1nc(-c2ccc(-c3ccccc3)cc2)c2ccccc2n1.Clc1nc(Cl)c2ccccc2n1.OB(O)c1ccc(-c2ccccc2)cc1. The second-order valence-electron chi connectivity index (χ2n) is 11.0. The minimum Gasteiger partial charge on any atom is -0.423 e. The van der Waals surface area contributed by atoms with Crippen LogP contribution in [0.2, 0.25) is 15.7 Å². The average Bonchev–Trinajstić information content (AvgIpc) is 3.16. The molecule has 0 radical (unpaired) electrons. The summed E-state index contributed by atoms with van der Waals surface area (Å²) in [5, 5.41) is 20.6. The zero-order chi connectivity index (χ0) is 34.9. The Morgan fingerprint density at radius 1 is 0.380 bits per heavy atom. The highest BCUT2D eigenvalue weighted by atomic mass is 35.5. The number of nitrogens with zero attached hydrogens (tertiary/aromatic N) is 4. The molecule has 244 valence electrons. The number of para-hydroxylation sites is 2. The summed E-state index contributed by atoms with van der Waals surface area (Å²) < 4.78 is 0. The van der Waals surface area contributed by atoms with Crippen molar-refractivity contribution >= 4 is 69.2 Å². The quantitative estimate of drug-likeness (QED) is 0.107. The molecule has 2 heterocycles. The summed E-state index contributed by atoms with van der Waals surface area (Å²) in [5.74, 6) is 0. The smallest absolute Gasteiger partial charge is 0.423 e. The van der Waals surface area contributed by atoms with Crippen molar-refractivity contribution in [2.45, 2.75) is 0 Å². The normalized spacial score (nSPS) is 10.5. The molecule has 0 unspecified atom stereocenters. The molecule has 10 heteroatoms. The lowest BCUT2D eigenvalue weighted by molar-refractivity contribution is 0.426. The topological polar surface area (TPSA) is 92.0 Å². The fourth-order valence-electron chi connectivity index (χ4n) is 5.21. The van der Waals surface area contributed by atoms with E-state index >= 15 is 0 Å². The monoisotopic (exact) mass is 712 g/mol. The number of halogens is 3. The van der Waals surface area contributed by atoms with Gasteiger partial charge in [0.15, 0.2) is 0 Å². The Bertz CT molecular complexity index is 2330. The first-order valence-electron chi connectivity index (χ1n) is 15.5. The Balaban J connectivity index is 0.000000138. The van der Waals surface area contributed by atoms with Crippen LogP contribution in [0.15, 0.2) is 158 Å². The number of hydrogen-bond acceptors (Lipinski definition) is 6. The van der Waals surface area contributed by atoms with Gasteiger partial charge in [-0.1, -0.05) is 151 Å². The van der Waals surface area contributed by atoms with Crippen LogP contribution in [0, 0.1) is 0 Å². The van der Waals surface area contributed by atoms with Crippen LogP contribution < -0.4 is 5.46 Å². The first kappa shape index (κ1) is 34.7. The molecule has 0 spiro atoms. The molecule has 0 bridgehead atoms. The minimum atomic E-state index is -1.39. The van der Waals surface area contributed by atoms with Crippen molar-refractivity contribution < 1.29 is 10.0 Å².